The lowest BCUT2D eigenvalue weighted by atomic mass is 10.00. The van der Waals surface area contributed by atoms with Crippen molar-refractivity contribution in [2.75, 3.05) is 20.2 Å². The number of aromatic hydroxyl groups is 1. The highest BCUT2D eigenvalue weighted by Gasteiger charge is 2.31. The summed E-state index contributed by atoms with van der Waals surface area (Å²) in [5.74, 6) is 0.258. The predicted molar refractivity (Wildman–Crippen MR) is 146 cm³/mol. The number of hydrogen-bond donors (Lipinski definition) is 3. The fourth-order valence-corrected chi connectivity index (χ4v) is 5.79. The quantitative estimate of drug-likeness (QED) is 0.306. The number of carbonyl (C=O) groups excluding carboxylic acids is 1. The molecule has 2 atom stereocenters. The summed E-state index contributed by atoms with van der Waals surface area (Å²) in [6, 6.07) is 21.2. The number of phenolic OH excluding ortho intramolecular Hbond substituents is 1. The smallest absolute Gasteiger partial charge is 0.243 e. The topological polar surface area (TPSA) is 116 Å². The minimum absolute atomic E-state index is 0.00291. The van der Waals surface area contributed by atoms with Crippen LogP contribution < -0.4 is 10.1 Å². The lowest BCUT2D eigenvalue weighted by Gasteiger charge is -2.31. The maximum absolute atomic E-state index is 13.5. The molecule has 9 heteroatoms. The van der Waals surface area contributed by atoms with Crippen molar-refractivity contribution in [3.05, 3.63) is 90.0 Å². The second-order valence-electron chi connectivity index (χ2n) is 9.67. The van der Waals surface area contributed by atoms with Gasteiger partial charge in [-0.15, -0.1) is 0 Å². The van der Waals surface area contributed by atoms with Crippen LogP contribution in [0.25, 0.3) is 0 Å². The minimum atomic E-state index is -3.93. The SMILES string of the molecule is COc1ccc(S(=O)(=O)N(CC(C)C)C[C@@H](O)[C@H](Cc2ccccc2)NC(=O)Cc2cccc(O)c2)cc1. The molecule has 3 N–H and O–H groups in total. The summed E-state index contributed by atoms with van der Waals surface area (Å²) in [6.07, 6.45) is -0.867. The molecule has 8 nitrogen and oxygen atoms in total. The number of sulfonamides is 1. The summed E-state index contributed by atoms with van der Waals surface area (Å²) >= 11 is 0. The number of phenols is 1. The summed E-state index contributed by atoms with van der Waals surface area (Å²) in [6.45, 7) is 3.81. The molecule has 0 heterocycles. The van der Waals surface area contributed by atoms with E-state index in [0.29, 0.717) is 17.7 Å². The zero-order chi connectivity index (χ0) is 27.7. The van der Waals surface area contributed by atoms with Crippen molar-refractivity contribution in [1.29, 1.82) is 0 Å². The molecule has 0 spiro atoms. The number of amides is 1. The van der Waals surface area contributed by atoms with Gasteiger partial charge in [-0.1, -0.05) is 56.3 Å². The molecule has 3 aromatic carbocycles. The molecular formula is C29H36N2O6S. The molecule has 38 heavy (non-hydrogen) atoms. The molecule has 0 saturated heterocycles. The van der Waals surface area contributed by atoms with Crippen LogP contribution in [0.4, 0.5) is 0 Å². The Hall–Kier alpha value is -3.40. The van der Waals surface area contributed by atoms with Gasteiger partial charge in [-0.3, -0.25) is 4.79 Å². The highest BCUT2D eigenvalue weighted by atomic mass is 32.2. The third-order valence-corrected chi connectivity index (χ3v) is 7.89. The molecule has 0 unspecified atom stereocenters. The van der Waals surface area contributed by atoms with Crippen LogP contribution in [0.3, 0.4) is 0 Å². The summed E-state index contributed by atoms with van der Waals surface area (Å²) in [5, 5.41) is 23.9. The Morgan fingerprint density at radius 2 is 1.61 bits per heavy atom. The summed E-state index contributed by atoms with van der Waals surface area (Å²) in [4.78, 5) is 13.0. The van der Waals surface area contributed by atoms with Crippen LogP contribution in [0.5, 0.6) is 11.5 Å². The van der Waals surface area contributed by atoms with E-state index in [9.17, 15) is 23.4 Å². The first kappa shape index (κ1) is 29.2. The monoisotopic (exact) mass is 540 g/mol. The van der Waals surface area contributed by atoms with Crippen LogP contribution in [-0.4, -0.2) is 61.2 Å². The summed E-state index contributed by atoms with van der Waals surface area (Å²) in [5.41, 5.74) is 1.52. The number of methoxy groups -OCH3 is 1. The number of nitrogens with one attached hydrogen (secondary N) is 1. The van der Waals surface area contributed by atoms with Gasteiger partial charge >= 0.3 is 0 Å². The first-order chi connectivity index (χ1) is 18.1. The van der Waals surface area contributed by atoms with Gasteiger partial charge in [0.25, 0.3) is 0 Å². The number of aliphatic hydroxyl groups is 1. The molecule has 0 bridgehead atoms. The molecule has 0 saturated carbocycles. The highest BCUT2D eigenvalue weighted by molar-refractivity contribution is 7.89. The third kappa shape index (κ3) is 8.31. The van der Waals surface area contributed by atoms with Crippen molar-refractivity contribution in [2.24, 2.45) is 5.92 Å². The van der Waals surface area contributed by atoms with Crippen molar-refractivity contribution in [2.45, 2.75) is 43.7 Å². The van der Waals surface area contributed by atoms with E-state index in [1.807, 2.05) is 44.2 Å². The van der Waals surface area contributed by atoms with Gasteiger partial charge in [-0.2, -0.15) is 4.31 Å². The summed E-state index contributed by atoms with van der Waals surface area (Å²) < 4.78 is 33.5. The van der Waals surface area contributed by atoms with Gasteiger partial charge in [-0.25, -0.2) is 8.42 Å². The minimum Gasteiger partial charge on any atom is -0.508 e. The fraction of sp³-hybridized carbons (Fsp3) is 0.345. The van der Waals surface area contributed by atoms with E-state index in [1.54, 1.807) is 24.3 Å². The number of rotatable bonds is 13. The number of hydrogen-bond acceptors (Lipinski definition) is 6. The molecule has 3 aromatic rings. The second-order valence-corrected chi connectivity index (χ2v) is 11.6. The van der Waals surface area contributed by atoms with Gasteiger partial charge in [-0.05, 0) is 59.9 Å². The van der Waals surface area contributed by atoms with E-state index in [2.05, 4.69) is 5.32 Å². The third-order valence-electron chi connectivity index (χ3n) is 6.04. The van der Waals surface area contributed by atoms with E-state index in [-0.39, 0.29) is 42.0 Å². The normalized spacial score (nSPS) is 13.3. The van der Waals surface area contributed by atoms with Crippen molar-refractivity contribution >= 4 is 15.9 Å². The molecule has 0 radical (unpaired) electrons. The molecule has 204 valence electrons. The van der Waals surface area contributed by atoms with E-state index in [4.69, 9.17) is 4.74 Å². The first-order valence-corrected chi connectivity index (χ1v) is 14.0. The zero-order valence-electron chi connectivity index (χ0n) is 21.9. The Morgan fingerprint density at radius 1 is 0.947 bits per heavy atom. The van der Waals surface area contributed by atoms with Gasteiger partial charge in [0.2, 0.25) is 15.9 Å². The number of carbonyl (C=O) groups is 1. The van der Waals surface area contributed by atoms with E-state index in [1.165, 1.54) is 35.7 Å². The molecule has 3 rings (SSSR count). The Labute approximate surface area is 224 Å². The van der Waals surface area contributed by atoms with Crippen molar-refractivity contribution in [1.82, 2.24) is 9.62 Å². The van der Waals surface area contributed by atoms with E-state index < -0.39 is 22.2 Å². The Balaban J connectivity index is 1.83. The fourth-order valence-electron chi connectivity index (χ4n) is 4.17. The highest BCUT2D eigenvalue weighted by Crippen LogP contribution is 2.22. The van der Waals surface area contributed by atoms with Crippen LogP contribution in [-0.2, 0) is 27.7 Å². The van der Waals surface area contributed by atoms with Crippen molar-refractivity contribution in [3.63, 3.8) is 0 Å². The number of nitrogens with zero attached hydrogens (tertiary/aromatic N) is 1. The molecule has 1 amide bonds. The lowest BCUT2D eigenvalue weighted by Crippen LogP contribution is -2.51. The average Bonchev–Trinajstić information content (AvgIpc) is 2.88. The van der Waals surface area contributed by atoms with Gasteiger partial charge in [0.1, 0.15) is 11.5 Å². The Bertz CT molecular complexity index is 1280. The zero-order valence-corrected chi connectivity index (χ0v) is 22.8. The molecule has 0 fully saturated rings. The second kappa shape index (κ2) is 13.4. The van der Waals surface area contributed by atoms with Crippen LogP contribution >= 0.6 is 0 Å². The number of ether oxygens (including phenoxy) is 1. The number of aliphatic hydroxyl groups excluding tert-OH is 1. The average molecular weight is 541 g/mol. The van der Waals surface area contributed by atoms with Gasteiger partial charge in [0, 0.05) is 13.1 Å². The predicted octanol–water partition coefficient (Wildman–Crippen LogP) is 3.38. The first-order valence-electron chi connectivity index (χ1n) is 12.5. The Kier molecular flexibility index (Phi) is 10.3. The maximum atomic E-state index is 13.5. The molecule has 0 aliphatic rings. The van der Waals surface area contributed by atoms with Crippen molar-refractivity contribution < 1.29 is 28.2 Å². The van der Waals surface area contributed by atoms with Crippen LogP contribution in [0, 0.1) is 5.92 Å². The molecule has 0 aliphatic heterocycles. The molecule has 0 aliphatic carbocycles. The number of benzene rings is 3. The standard InChI is InChI=1S/C29H36N2O6S/c1-21(2)19-31(38(35,36)26-14-12-25(37-3)13-15-26)20-28(33)27(17-22-8-5-4-6-9-22)30-29(34)18-23-10-7-11-24(32)16-23/h4-16,21,27-28,32-33H,17-20H2,1-3H3,(H,30,34)/t27-,28+/m0/s1. The van der Waals surface area contributed by atoms with Crippen LogP contribution in [0.1, 0.15) is 25.0 Å². The van der Waals surface area contributed by atoms with E-state index >= 15 is 0 Å². The summed E-state index contributed by atoms with van der Waals surface area (Å²) in [7, 11) is -2.42. The largest absolute Gasteiger partial charge is 0.508 e. The molecular weight excluding hydrogens is 504 g/mol. The van der Waals surface area contributed by atoms with Crippen molar-refractivity contribution in [3.8, 4) is 11.5 Å². The van der Waals surface area contributed by atoms with Gasteiger partial charge in [0.05, 0.1) is 30.6 Å². The molecule has 0 aromatic heterocycles. The van der Waals surface area contributed by atoms with Gasteiger partial charge < -0.3 is 20.3 Å². The van der Waals surface area contributed by atoms with Crippen LogP contribution in [0.15, 0.2) is 83.8 Å². The van der Waals surface area contributed by atoms with Gasteiger partial charge in [0.15, 0.2) is 0 Å². The maximum Gasteiger partial charge on any atom is 0.243 e. The lowest BCUT2D eigenvalue weighted by molar-refractivity contribution is -0.122. The van der Waals surface area contributed by atoms with Crippen LogP contribution in [0.2, 0.25) is 0 Å². The Morgan fingerprint density at radius 3 is 2.21 bits per heavy atom. The van der Waals surface area contributed by atoms with E-state index in [0.717, 1.165) is 5.56 Å².